The highest BCUT2D eigenvalue weighted by molar-refractivity contribution is 7.99. The van der Waals surface area contributed by atoms with E-state index in [-0.39, 0.29) is 16.4 Å². The van der Waals surface area contributed by atoms with Gasteiger partial charge >= 0.3 is 6.55 Å². The van der Waals surface area contributed by atoms with Gasteiger partial charge in [-0.25, -0.2) is 4.98 Å². The van der Waals surface area contributed by atoms with Crippen molar-refractivity contribution in [2.24, 2.45) is 0 Å². The van der Waals surface area contributed by atoms with Crippen molar-refractivity contribution in [3.05, 3.63) is 30.1 Å². The second kappa shape index (κ2) is 6.79. The first-order valence-corrected chi connectivity index (χ1v) is 8.35. The van der Waals surface area contributed by atoms with Gasteiger partial charge in [-0.3, -0.25) is 4.57 Å². The zero-order valence-electron chi connectivity index (χ0n) is 13.9. The molecule has 3 aromatic rings. The Morgan fingerprint density at radius 3 is 2.52 bits per heavy atom. The Kier molecular flexibility index (Phi) is 4.71. The molecule has 0 aliphatic rings. The lowest BCUT2D eigenvalue weighted by Crippen LogP contribution is -2.16. The van der Waals surface area contributed by atoms with E-state index in [1.165, 1.54) is 0 Å². The average molecular weight is 365 g/mol. The largest absolute Gasteiger partial charge is 0.368 e. The molecule has 0 aliphatic carbocycles. The van der Waals surface area contributed by atoms with Crippen LogP contribution in [-0.2, 0) is 0 Å². The van der Waals surface area contributed by atoms with Crippen molar-refractivity contribution in [3.8, 4) is 0 Å². The Morgan fingerprint density at radius 1 is 1.12 bits per heavy atom. The summed E-state index contributed by atoms with van der Waals surface area (Å²) in [6, 6.07) is 6.79. The number of aromatic nitrogens is 5. The molecule has 0 fully saturated rings. The van der Waals surface area contributed by atoms with E-state index in [2.05, 4.69) is 19.9 Å². The quantitative estimate of drug-likeness (QED) is 0.695. The van der Waals surface area contributed by atoms with E-state index in [0.29, 0.717) is 22.8 Å². The van der Waals surface area contributed by atoms with E-state index in [4.69, 9.17) is 5.73 Å². The van der Waals surface area contributed by atoms with Crippen LogP contribution >= 0.6 is 11.8 Å². The first kappa shape index (κ1) is 17.3. The van der Waals surface area contributed by atoms with Crippen molar-refractivity contribution in [2.75, 3.05) is 24.7 Å². The number of rotatable bonds is 5. The Bertz CT molecular complexity index is 897. The molecule has 25 heavy (non-hydrogen) atoms. The molecular weight excluding hydrogens is 348 g/mol. The first-order valence-electron chi connectivity index (χ1n) is 7.47. The van der Waals surface area contributed by atoms with Crippen LogP contribution in [0.1, 0.15) is 24.5 Å². The fourth-order valence-corrected chi connectivity index (χ4v) is 3.25. The number of fused-ring (bicyclic) bond motifs is 1. The number of thioether (sulfide) groups is 1. The minimum absolute atomic E-state index is 0.0866. The highest BCUT2D eigenvalue weighted by Gasteiger charge is 2.22. The SMILES string of the molecule is CC(Sc1nc2ccccc2n1C(F)F)c1nc(N)nc(N(C)C)n1. The number of nitrogen functional groups attached to an aromatic ring is 1. The summed E-state index contributed by atoms with van der Waals surface area (Å²) in [6.07, 6.45) is 0. The number of hydrogen-bond donors (Lipinski definition) is 1. The fourth-order valence-electron chi connectivity index (χ4n) is 2.28. The van der Waals surface area contributed by atoms with Gasteiger partial charge in [0.05, 0.1) is 16.3 Å². The van der Waals surface area contributed by atoms with Crippen LogP contribution in [0.15, 0.2) is 29.4 Å². The van der Waals surface area contributed by atoms with Gasteiger partial charge in [0.15, 0.2) is 5.16 Å². The maximum Gasteiger partial charge on any atom is 0.321 e. The van der Waals surface area contributed by atoms with Gasteiger partial charge in [0.25, 0.3) is 0 Å². The number of alkyl halides is 2. The van der Waals surface area contributed by atoms with Crippen molar-refractivity contribution in [1.29, 1.82) is 0 Å². The van der Waals surface area contributed by atoms with Gasteiger partial charge in [0.2, 0.25) is 11.9 Å². The fraction of sp³-hybridized carbons (Fsp3) is 0.333. The average Bonchev–Trinajstić information content (AvgIpc) is 2.92. The summed E-state index contributed by atoms with van der Waals surface area (Å²) >= 11 is 1.15. The molecule has 132 valence electrons. The molecule has 2 heterocycles. The molecule has 0 bridgehead atoms. The number of hydrogen-bond acceptors (Lipinski definition) is 7. The Labute approximate surface area is 147 Å². The molecule has 1 atom stereocenters. The van der Waals surface area contributed by atoms with Crippen molar-refractivity contribution < 1.29 is 8.78 Å². The van der Waals surface area contributed by atoms with Crippen molar-refractivity contribution in [1.82, 2.24) is 24.5 Å². The van der Waals surface area contributed by atoms with E-state index in [1.54, 1.807) is 43.3 Å². The number of imidazole rings is 1. The van der Waals surface area contributed by atoms with Gasteiger partial charge in [0, 0.05) is 14.1 Å². The zero-order valence-corrected chi connectivity index (χ0v) is 14.7. The third-order valence-electron chi connectivity index (χ3n) is 3.46. The van der Waals surface area contributed by atoms with Crippen LogP contribution in [-0.4, -0.2) is 38.6 Å². The van der Waals surface area contributed by atoms with Crippen LogP contribution in [0.5, 0.6) is 0 Å². The molecule has 7 nitrogen and oxygen atoms in total. The van der Waals surface area contributed by atoms with E-state index >= 15 is 0 Å². The van der Waals surface area contributed by atoms with Gasteiger partial charge < -0.3 is 10.6 Å². The molecule has 1 aromatic carbocycles. The number of halogens is 2. The predicted octanol–water partition coefficient (Wildman–Crippen LogP) is 3.12. The van der Waals surface area contributed by atoms with Crippen LogP contribution < -0.4 is 10.6 Å². The summed E-state index contributed by atoms with van der Waals surface area (Å²) in [5.74, 6) is 0.912. The number of nitrogens with two attached hydrogens (primary N) is 1. The summed E-state index contributed by atoms with van der Waals surface area (Å²) in [6.45, 7) is -0.878. The monoisotopic (exact) mass is 365 g/mol. The summed E-state index contributed by atoms with van der Waals surface area (Å²) in [5.41, 5.74) is 6.63. The smallest absolute Gasteiger partial charge is 0.321 e. The highest BCUT2D eigenvalue weighted by Crippen LogP contribution is 2.37. The molecule has 2 N–H and O–H groups in total. The second-order valence-electron chi connectivity index (χ2n) is 5.54. The first-order chi connectivity index (χ1) is 11.9. The van der Waals surface area contributed by atoms with Crippen LogP contribution in [0, 0.1) is 0 Å². The van der Waals surface area contributed by atoms with Gasteiger partial charge in [-0.05, 0) is 19.1 Å². The van der Waals surface area contributed by atoms with E-state index in [0.717, 1.165) is 16.3 Å². The molecule has 0 saturated heterocycles. The minimum Gasteiger partial charge on any atom is -0.368 e. The summed E-state index contributed by atoms with van der Waals surface area (Å²) < 4.78 is 27.9. The molecule has 3 rings (SSSR count). The van der Waals surface area contributed by atoms with Gasteiger partial charge in [-0.1, -0.05) is 23.9 Å². The maximum atomic E-state index is 13.5. The van der Waals surface area contributed by atoms with Gasteiger partial charge in [-0.2, -0.15) is 23.7 Å². The van der Waals surface area contributed by atoms with Crippen LogP contribution in [0.25, 0.3) is 11.0 Å². The zero-order chi connectivity index (χ0) is 18.1. The van der Waals surface area contributed by atoms with Crippen LogP contribution in [0.4, 0.5) is 20.7 Å². The van der Waals surface area contributed by atoms with E-state index < -0.39 is 6.55 Å². The molecule has 10 heteroatoms. The van der Waals surface area contributed by atoms with E-state index in [9.17, 15) is 8.78 Å². The molecule has 0 saturated carbocycles. The molecular formula is C15H17F2N7S. The lowest BCUT2D eigenvalue weighted by molar-refractivity contribution is 0.0656. The third-order valence-corrected chi connectivity index (χ3v) is 4.53. The lowest BCUT2D eigenvalue weighted by atomic mass is 10.3. The molecule has 0 radical (unpaired) electrons. The van der Waals surface area contributed by atoms with Crippen LogP contribution in [0.3, 0.4) is 0 Å². The number of nitrogens with zero attached hydrogens (tertiary/aromatic N) is 6. The second-order valence-corrected chi connectivity index (χ2v) is 6.85. The maximum absolute atomic E-state index is 13.5. The predicted molar refractivity (Wildman–Crippen MR) is 93.8 cm³/mol. The van der Waals surface area contributed by atoms with E-state index in [1.807, 2.05) is 6.92 Å². The van der Waals surface area contributed by atoms with Crippen molar-refractivity contribution >= 4 is 34.7 Å². The van der Waals surface area contributed by atoms with Crippen molar-refractivity contribution in [3.63, 3.8) is 0 Å². The Hall–Kier alpha value is -2.49. The van der Waals surface area contributed by atoms with Gasteiger partial charge in [0.1, 0.15) is 5.82 Å². The summed E-state index contributed by atoms with van der Waals surface area (Å²) in [5, 5.41) is -0.132. The number of anilines is 2. The minimum atomic E-state index is -2.69. The topological polar surface area (TPSA) is 85.8 Å². The summed E-state index contributed by atoms with van der Waals surface area (Å²) in [4.78, 5) is 18.5. The Balaban J connectivity index is 1.97. The summed E-state index contributed by atoms with van der Waals surface area (Å²) in [7, 11) is 3.57. The number of para-hydroxylation sites is 2. The standard InChI is InChI=1S/C15H17F2N7S/c1-8(11-20-13(18)22-14(21-11)23(2)3)25-15-19-9-6-4-5-7-10(9)24(15)12(16)17/h4-8,12H,1-3H3,(H2,18,20,21,22). The highest BCUT2D eigenvalue weighted by atomic mass is 32.2. The molecule has 0 spiro atoms. The third kappa shape index (κ3) is 3.48. The van der Waals surface area contributed by atoms with Crippen molar-refractivity contribution in [2.45, 2.75) is 23.9 Å². The number of benzene rings is 1. The normalized spacial score (nSPS) is 12.7. The molecule has 2 aromatic heterocycles. The Morgan fingerprint density at radius 2 is 1.84 bits per heavy atom. The van der Waals surface area contributed by atoms with Crippen LogP contribution in [0.2, 0.25) is 0 Å². The van der Waals surface area contributed by atoms with Gasteiger partial charge in [-0.15, -0.1) is 0 Å². The lowest BCUT2D eigenvalue weighted by Gasteiger charge is -2.15. The molecule has 1 unspecified atom stereocenters. The molecule has 0 aliphatic heterocycles. The molecule has 0 amide bonds.